The Kier molecular flexibility index (Phi) is 2.68. The summed E-state index contributed by atoms with van der Waals surface area (Å²) in [7, 11) is 0. The summed E-state index contributed by atoms with van der Waals surface area (Å²) < 4.78 is 5.53. The number of amides is 1. The lowest BCUT2D eigenvalue weighted by Crippen LogP contribution is -2.37. The number of fused-ring (bicyclic) bond motifs is 1. The minimum absolute atomic E-state index is 0.0202. The fourth-order valence-electron chi connectivity index (χ4n) is 2.03. The van der Waals surface area contributed by atoms with E-state index in [-0.39, 0.29) is 5.91 Å². The number of aromatic nitrogens is 1. The first-order chi connectivity index (χ1) is 8.86. The Morgan fingerprint density at radius 3 is 2.78 bits per heavy atom. The van der Waals surface area contributed by atoms with Gasteiger partial charge in [-0.25, -0.2) is 0 Å². The third-order valence-electron chi connectivity index (χ3n) is 2.90. The van der Waals surface area contributed by atoms with Crippen molar-refractivity contribution < 1.29 is 9.53 Å². The maximum Gasteiger partial charge on any atom is 0.258 e. The van der Waals surface area contributed by atoms with Gasteiger partial charge < -0.3 is 9.64 Å². The molecule has 0 saturated heterocycles. The fraction of sp³-hybridized carbons (Fsp3) is 0.143. The smallest absolute Gasteiger partial charge is 0.258 e. The molecular formula is C14H12N2O2. The van der Waals surface area contributed by atoms with Crippen LogP contribution in [0.25, 0.3) is 0 Å². The van der Waals surface area contributed by atoms with Gasteiger partial charge in [0.1, 0.15) is 12.4 Å². The molecule has 0 N–H and O–H groups in total. The quantitative estimate of drug-likeness (QED) is 0.766. The van der Waals surface area contributed by atoms with E-state index in [1.165, 1.54) is 0 Å². The van der Waals surface area contributed by atoms with E-state index in [4.69, 9.17) is 4.74 Å². The van der Waals surface area contributed by atoms with Gasteiger partial charge in [-0.05, 0) is 24.3 Å². The summed E-state index contributed by atoms with van der Waals surface area (Å²) in [6.07, 6.45) is 3.25. The fourth-order valence-corrected chi connectivity index (χ4v) is 2.03. The summed E-state index contributed by atoms with van der Waals surface area (Å²) in [6.45, 7) is 1.09. The van der Waals surface area contributed by atoms with Gasteiger partial charge in [-0.1, -0.05) is 12.1 Å². The molecule has 1 aromatic carbocycles. The predicted octanol–water partition coefficient (Wildman–Crippen LogP) is 2.12. The zero-order valence-electron chi connectivity index (χ0n) is 9.74. The van der Waals surface area contributed by atoms with Crippen LogP contribution in [0.4, 0.5) is 5.69 Å². The molecule has 2 aromatic rings. The molecule has 1 aliphatic heterocycles. The van der Waals surface area contributed by atoms with Crippen LogP contribution in [0.3, 0.4) is 0 Å². The van der Waals surface area contributed by atoms with E-state index in [9.17, 15) is 4.79 Å². The maximum atomic E-state index is 12.4. The van der Waals surface area contributed by atoms with E-state index in [0.29, 0.717) is 18.7 Å². The highest BCUT2D eigenvalue weighted by atomic mass is 16.5. The van der Waals surface area contributed by atoms with Gasteiger partial charge in [0.05, 0.1) is 12.2 Å². The normalized spacial score (nSPS) is 13.7. The number of pyridine rings is 1. The number of carbonyl (C=O) groups is 1. The van der Waals surface area contributed by atoms with Crippen LogP contribution in [0.1, 0.15) is 10.4 Å². The van der Waals surface area contributed by atoms with Crippen LogP contribution in [-0.4, -0.2) is 24.0 Å². The third-order valence-corrected chi connectivity index (χ3v) is 2.90. The number of ether oxygens (including phenoxy) is 1. The highest BCUT2D eigenvalue weighted by Crippen LogP contribution is 2.31. The summed E-state index contributed by atoms with van der Waals surface area (Å²) >= 11 is 0. The van der Waals surface area contributed by atoms with Gasteiger partial charge in [0.25, 0.3) is 5.91 Å². The van der Waals surface area contributed by atoms with Crippen molar-refractivity contribution in [1.82, 2.24) is 4.98 Å². The number of nitrogens with zero attached hydrogens (tertiary/aromatic N) is 2. The van der Waals surface area contributed by atoms with E-state index in [1.807, 2.05) is 24.3 Å². The van der Waals surface area contributed by atoms with Crippen LogP contribution in [0.5, 0.6) is 5.75 Å². The molecule has 0 fully saturated rings. The molecule has 0 spiro atoms. The number of benzene rings is 1. The molecule has 0 bridgehead atoms. The van der Waals surface area contributed by atoms with Crippen LogP contribution in [0, 0.1) is 0 Å². The highest BCUT2D eigenvalue weighted by molar-refractivity contribution is 6.07. The van der Waals surface area contributed by atoms with Gasteiger partial charge >= 0.3 is 0 Å². The SMILES string of the molecule is O=C(c1ccncc1)N1CCOc2ccccc21. The van der Waals surface area contributed by atoms with Crippen molar-refractivity contribution in [2.45, 2.75) is 0 Å². The number of hydrogen-bond acceptors (Lipinski definition) is 3. The van der Waals surface area contributed by atoms with Crippen LogP contribution < -0.4 is 9.64 Å². The lowest BCUT2D eigenvalue weighted by Gasteiger charge is -2.29. The molecule has 0 radical (unpaired) electrons. The third kappa shape index (κ3) is 1.82. The molecule has 0 saturated carbocycles. The van der Waals surface area contributed by atoms with Crippen molar-refractivity contribution in [3.05, 3.63) is 54.4 Å². The molecule has 90 valence electrons. The monoisotopic (exact) mass is 240 g/mol. The van der Waals surface area contributed by atoms with Crippen molar-refractivity contribution >= 4 is 11.6 Å². The maximum absolute atomic E-state index is 12.4. The first kappa shape index (κ1) is 10.8. The van der Waals surface area contributed by atoms with Crippen LogP contribution in [-0.2, 0) is 0 Å². The Morgan fingerprint density at radius 2 is 1.94 bits per heavy atom. The van der Waals surface area contributed by atoms with E-state index >= 15 is 0 Å². The topological polar surface area (TPSA) is 42.4 Å². The van der Waals surface area contributed by atoms with Crippen molar-refractivity contribution in [2.24, 2.45) is 0 Å². The van der Waals surface area contributed by atoms with Crippen molar-refractivity contribution in [3.63, 3.8) is 0 Å². The van der Waals surface area contributed by atoms with E-state index in [1.54, 1.807) is 29.4 Å². The van der Waals surface area contributed by atoms with Crippen molar-refractivity contribution in [1.29, 1.82) is 0 Å². The van der Waals surface area contributed by atoms with E-state index in [0.717, 1.165) is 11.4 Å². The average Bonchev–Trinajstić information content (AvgIpc) is 2.47. The summed E-state index contributed by atoms with van der Waals surface area (Å²) in [5, 5.41) is 0. The highest BCUT2D eigenvalue weighted by Gasteiger charge is 2.23. The first-order valence-electron chi connectivity index (χ1n) is 5.80. The Bertz CT molecular complexity index is 569. The molecule has 18 heavy (non-hydrogen) atoms. The average molecular weight is 240 g/mol. The molecule has 3 rings (SSSR count). The summed E-state index contributed by atoms with van der Waals surface area (Å²) in [6, 6.07) is 11.0. The first-order valence-corrected chi connectivity index (χ1v) is 5.80. The standard InChI is InChI=1S/C14H12N2O2/c17-14(11-5-7-15-8-6-11)16-9-10-18-13-4-2-1-3-12(13)16/h1-8H,9-10H2. The number of para-hydroxylation sites is 2. The van der Waals surface area contributed by atoms with Gasteiger partial charge in [-0.2, -0.15) is 0 Å². The number of hydrogen-bond donors (Lipinski definition) is 0. The Balaban J connectivity index is 1.97. The largest absolute Gasteiger partial charge is 0.490 e. The number of anilines is 1. The lowest BCUT2D eigenvalue weighted by atomic mass is 10.2. The second-order valence-electron chi connectivity index (χ2n) is 4.01. The molecule has 0 unspecified atom stereocenters. The van der Waals surface area contributed by atoms with Gasteiger partial charge in [0, 0.05) is 18.0 Å². The van der Waals surface area contributed by atoms with Crippen LogP contribution in [0.15, 0.2) is 48.8 Å². The summed E-state index contributed by atoms with van der Waals surface area (Å²) in [5.41, 5.74) is 1.47. The minimum atomic E-state index is -0.0202. The Morgan fingerprint density at radius 1 is 1.17 bits per heavy atom. The van der Waals surface area contributed by atoms with Gasteiger partial charge in [-0.3, -0.25) is 9.78 Å². The minimum Gasteiger partial charge on any atom is -0.490 e. The van der Waals surface area contributed by atoms with Gasteiger partial charge in [0.2, 0.25) is 0 Å². The van der Waals surface area contributed by atoms with Crippen molar-refractivity contribution in [2.75, 3.05) is 18.1 Å². The molecule has 2 heterocycles. The molecule has 4 heteroatoms. The number of rotatable bonds is 1. The second kappa shape index (κ2) is 4.49. The molecule has 4 nitrogen and oxygen atoms in total. The molecule has 1 amide bonds. The molecular weight excluding hydrogens is 228 g/mol. The Hall–Kier alpha value is -2.36. The van der Waals surface area contributed by atoms with E-state index in [2.05, 4.69) is 4.98 Å². The van der Waals surface area contributed by atoms with Gasteiger partial charge in [0.15, 0.2) is 0 Å². The zero-order chi connectivity index (χ0) is 12.4. The van der Waals surface area contributed by atoms with Gasteiger partial charge in [-0.15, -0.1) is 0 Å². The molecule has 1 aromatic heterocycles. The molecule has 1 aliphatic rings. The van der Waals surface area contributed by atoms with Crippen LogP contribution >= 0.6 is 0 Å². The van der Waals surface area contributed by atoms with Crippen molar-refractivity contribution in [3.8, 4) is 5.75 Å². The lowest BCUT2D eigenvalue weighted by molar-refractivity contribution is 0.0976. The zero-order valence-corrected chi connectivity index (χ0v) is 9.74. The van der Waals surface area contributed by atoms with Crippen LogP contribution in [0.2, 0.25) is 0 Å². The summed E-state index contributed by atoms with van der Waals surface area (Å²) in [4.78, 5) is 18.1. The number of carbonyl (C=O) groups excluding carboxylic acids is 1. The summed E-state index contributed by atoms with van der Waals surface area (Å²) in [5.74, 6) is 0.735. The molecule has 0 atom stereocenters. The second-order valence-corrected chi connectivity index (χ2v) is 4.01. The Labute approximate surface area is 105 Å². The molecule has 0 aliphatic carbocycles. The predicted molar refractivity (Wildman–Crippen MR) is 67.9 cm³/mol. The van der Waals surface area contributed by atoms with E-state index < -0.39 is 0 Å².